The predicted molar refractivity (Wildman–Crippen MR) is 66.2 cm³/mol. The van der Waals surface area contributed by atoms with Crippen LogP contribution >= 0.6 is 15.9 Å². The lowest BCUT2D eigenvalue weighted by atomic mass is 10.0. The minimum absolute atomic E-state index is 0.474. The number of likely N-dealkylation sites (N-methyl/N-ethyl adjacent to an activating group) is 1. The minimum Gasteiger partial charge on any atom is -0.453 e. The molecule has 1 heterocycles. The lowest BCUT2D eigenvalue weighted by Crippen LogP contribution is -2.38. The third-order valence-electron chi connectivity index (χ3n) is 3.15. The SMILES string of the molecule is CN(Cc1ccc(Br)o1)CC1(O)CCCC1. The van der Waals surface area contributed by atoms with E-state index in [1.807, 2.05) is 19.2 Å². The summed E-state index contributed by atoms with van der Waals surface area (Å²) in [6, 6.07) is 3.85. The van der Waals surface area contributed by atoms with Crippen molar-refractivity contribution in [2.24, 2.45) is 0 Å². The van der Waals surface area contributed by atoms with E-state index in [2.05, 4.69) is 20.8 Å². The van der Waals surface area contributed by atoms with E-state index in [-0.39, 0.29) is 0 Å². The molecule has 16 heavy (non-hydrogen) atoms. The van der Waals surface area contributed by atoms with Gasteiger partial charge in [-0.15, -0.1) is 0 Å². The lowest BCUT2D eigenvalue weighted by Gasteiger charge is -2.27. The second-order valence-electron chi connectivity index (χ2n) is 4.81. The second kappa shape index (κ2) is 4.90. The highest BCUT2D eigenvalue weighted by atomic mass is 79.9. The second-order valence-corrected chi connectivity index (χ2v) is 5.59. The van der Waals surface area contributed by atoms with Crippen molar-refractivity contribution in [3.8, 4) is 0 Å². The molecule has 1 saturated carbocycles. The van der Waals surface area contributed by atoms with Crippen LogP contribution in [-0.4, -0.2) is 29.2 Å². The van der Waals surface area contributed by atoms with Crippen molar-refractivity contribution in [3.05, 3.63) is 22.6 Å². The summed E-state index contributed by atoms with van der Waals surface area (Å²) in [5, 5.41) is 10.3. The summed E-state index contributed by atoms with van der Waals surface area (Å²) in [5.74, 6) is 0.927. The van der Waals surface area contributed by atoms with Gasteiger partial charge in [-0.2, -0.15) is 0 Å². The topological polar surface area (TPSA) is 36.6 Å². The van der Waals surface area contributed by atoms with Crippen LogP contribution in [0.5, 0.6) is 0 Å². The van der Waals surface area contributed by atoms with E-state index in [1.54, 1.807) is 0 Å². The van der Waals surface area contributed by atoms with Crippen LogP contribution in [0.25, 0.3) is 0 Å². The molecule has 0 aliphatic heterocycles. The summed E-state index contributed by atoms with van der Waals surface area (Å²) in [7, 11) is 2.02. The molecule has 0 unspecified atom stereocenters. The Kier molecular flexibility index (Phi) is 3.72. The molecule has 1 aromatic rings. The van der Waals surface area contributed by atoms with Gasteiger partial charge in [-0.1, -0.05) is 12.8 Å². The molecule has 0 radical (unpaired) electrons. The highest BCUT2D eigenvalue weighted by molar-refractivity contribution is 9.10. The van der Waals surface area contributed by atoms with E-state index in [0.717, 1.165) is 49.2 Å². The number of furan rings is 1. The zero-order chi connectivity index (χ0) is 11.6. The molecule has 1 aliphatic rings. The van der Waals surface area contributed by atoms with Crippen LogP contribution in [0.4, 0.5) is 0 Å². The fourth-order valence-electron chi connectivity index (χ4n) is 2.45. The average Bonchev–Trinajstić information content (AvgIpc) is 2.75. The summed E-state index contributed by atoms with van der Waals surface area (Å²) in [4.78, 5) is 2.12. The summed E-state index contributed by atoms with van der Waals surface area (Å²) in [6.07, 6.45) is 4.16. The average molecular weight is 288 g/mol. The summed E-state index contributed by atoms with van der Waals surface area (Å²) >= 11 is 3.29. The predicted octanol–water partition coefficient (Wildman–Crippen LogP) is 2.78. The molecule has 2 rings (SSSR count). The van der Waals surface area contributed by atoms with Crippen LogP contribution < -0.4 is 0 Å². The van der Waals surface area contributed by atoms with Crippen LogP contribution in [0, 0.1) is 0 Å². The molecule has 0 spiro atoms. The number of rotatable bonds is 4. The Morgan fingerprint density at radius 2 is 2.12 bits per heavy atom. The van der Waals surface area contributed by atoms with Crippen LogP contribution in [0.15, 0.2) is 21.2 Å². The van der Waals surface area contributed by atoms with Crippen molar-refractivity contribution < 1.29 is 9.52 Å². The van der Waals surface area contributed by atoms with Gasteiger partial charge in [0, 0.05) is 6.54 Å². The molecule has 1 aromatic heterocycles. The summed E-state index contributed by atoms with van der Waals surface area (Å²) in [5.41, 5.74) is -0.474. The zero-order valence-electron chi connectivity index (χ0n) is 9.58. The molecule has 0 atom stereocenters. The molecule has 1 N–H and O–H groups in total. The molecule has 0 bridgehead atoms. The van der Waals surface area contributed by atoms with Crippen molar-refractivity contribution in [2.75, 3.05) is 13.6 Å². The van der Waals surface area contributed by atoms with Gasteiger partial charge >= 0.3 is 0 Å². The first kappa shape index (κ1) is 12.1. The Hall–Kier alpha value is -0.320. The quantitative estimate of drug-likeness (QED) is 0.925. The number of halogens is 1. The highest BCUT2D eigenvalue weighted by Crippen LogP contribution is 2.30. The number of aliphatic hydroxyl groups is 1. The van der Waals surface area contributed by atoms with Crippen molar-refractivity contribution in [3.63, 3.8) is 0 Å². The van der Waals surface area contributed by atoms with Crippen LogP contribution in [0.2, 0.25) is 0 Å². The van der Waals surface area contributed by atoms with Crippen LogP contribution in [0.3, 0.4) is 0 Å². The molecule has 90 valence electrons. The van der Waals surface area contributed by atoms with Crippen molar-refractivity contribution >= 4 is 15.9 Å². The summed E-state index contributed by atoms with van der Waals surface area (Å²) < 4.78 is 6.20. The third kappa shape index (κ3) is 3.09. The van der Waals surface area contributed by atoms with Gasteiger partial charge in [0.2, 0.25) is 0 Å². The number of hydrogen-bond donors (Lipinski definition) is 1. The molecule has 3 nitrogen and oxygen atoms in total. The minimum atomic E-state index is -0.474. The van der Waals surface area contributed by atoms with E-state index in [9.17, 15) is 5.11 Å². The molecule has 1 fully saturated rings. The fraction of sp³-hybridized carbons (Fsp3) is 0.667. The van der Waals surface area contributed by atoms with E-state index in [4.69, 9.17) is 4.42 Å². The molecule has 4 heteroatoms. The molecule has 0 amide bonds. The van der Waals surface area contributed by atoms with Gasteiger partial charge in [0.1, 0.15) is 5.76 Å². The van der Waals surface area contributed by atoms with E-state index < -0.39 is 5.60 Å². The lowest BCUT2D eigenvalue weighted by molar-refractivity contribution is 0.0131. The first-order chi connectivity index (χ1) is 7.57. The van der Waals surface area contributed by atoms with Gasteiger partial charge < -0.3 is 9.52 Å². The first-order valence-electron chi connectivity index (χ1n) is 5.73. The van der Waals surface area contributed by atoms with Gasteiger partial charge in [-0.25, -0.2) is 0 Å². The van der Waals surface area contributed by atoms with Crippen molar-refractivity contribution in [2.45, 2.75) is 37.8 Å². The molecule has 0 saturated heterocycles. The van der Waals surface area contributed by atoms with Crippen molar-refractivity contribution in [1.82, 2.24) is 4.90 Å². The van der Waals surface area contributed by atoms with Crippen molar-refractivity contribution in [1.29, 1.82) is 0 Å². The Bertz CT molecular complexity index is 345. The normalized spacial score (nSPS) is 19.5. The molecule has 1 aliphatic carbocycles. The Morgan fingerprint density at radius 1 is 1.44 bits per heavy atom. The molecule has 0 aromatic carbocycles. The van der Waals surface area contributed by atoms with Crippen LogP contribution in [-0.2, 0) is 6.54 Å². The number of hydrogen-bond acceptors (Lipinski definition) is 3. The van der Waals surface area contributed by atoms with E-state index >= 15 is 0 Å². The summed E-state index contributed by atoms with van der Waals surface area (Å²) in [6.45, 7) is 1.47. The monoisotopic (exact) mass is 287 g/mol. The van der Waals surface area contributed by atoms with E-state index in [0.29, 0.717) is 0 Å². The van der Waals surface area contributed by atoms with Gasteiger partial charge in [0.15, 0.2) is 4.67 Å². The Morgan fingerprint density at radius 3 is 2.69 bits per heavy atom. The highest BCUT2D eigenvalue weighted by Gasteiger charge is 2.32. The van der Waals surface area contributed by atoms with Crippen LogP contribution in [0.1, 0.15) is 31.4 Å². The molecular formula is C12H18BrNO2. The maximum atomic E-state index is 10.3. The van der Waals surface area contributed by atoms with Gasteiger partial charge in [0.05, 0.1) is 12.1 Å². The largest absolute Gasteiger partial charge is 0.453 e. The fourth-order valence-corrected chi connectivity index (χ4v) is 2.79. The van der Waals surface area contributed by atoms with Gasteiger partial charge in [0.25, 0.3) is 0 Å². The Labute approximate surface area is 105 Å². The molecular weight excluding hydrogens is 270 g/mol. The number of nitrogens with zero attached hydrogens (tertiary/aromatic N) is 1. The van der Waals surface area contributed by atoms with Gasteiger partial charge in [-0.3, -0.25) is 4.90 Å². The Balaban J connectivity index is 1.86. The first-order valence-corrected chi connectivity index (χ1v) is 6.52. The standard InChI is InChI=1S/C12H18BrNO2/c1-14(8-10-4-5-11(13)16-10)9-12(15)6-2-3-7-12/h4-5,15H,2-3,6-9H2,1H3. The third-order valence-corrected chi connectivity index (χ3v) is 3.58. The maximum absolute atomic E-state index is 10.3. The zero-order valence-corrected chi connectivity index (χ0v) is 11.2. The van der Waals surface area contributed by atoms with Gasteiger partial charge in [-0.05, 0) is 48.0 Å². The maximum Gasteiger partial charge on any atom is 0.169 e. The van der Waals surface area contributed by atoms with E-state index in [1.165, 1.54) is 0 Å². The smallest absolute Gasteiger partial charge is 0.169 e.